The van der Waals surface area contributed by atoms with Gasteiger partial charge >= 0.3 is 0 Å². The van der Waals surface area contributed by atoms with E-state index < -0.39 is 0 Å². The van der Waals surface area contributed by atoms with Crippen molar-refractivity contribution in [1.82, 2.24) is 0 Å². The molecular formula is C14H22O2S. The zero-order valence-corrected chi connectivity index (χ0v) is 11.6. The molecule has 0 fully saturated rings. The van der Waals surface area contributed by atoms with Crippen LogP contribution in [0.25, 0.3) is 0 Å². The highest BCUT2D eigenvalue weighted by Gasteiger charge is 2.05. The molecule has 0 aliphatic carbocycles. The molecule has 0 N–H and O–H groups in total. The normalized spacial score (nSPS) is 12.2. The summed E-state index contributed by atoms with van der Waals surface area (Å²) < 4.78 is 11.3. The van der Waals surface area contributed by atoms with Gasteiger partial charge in [-0.1, -0.05) is 19.1 Å². The van der Waals surface area contributed by atoms with E-state index in [-0.39, 0.29) is 0 Å². The van der Waals surface area contributed by atoms with Crippen LogP contribution in [0.2, 0.25) is 0 Å². The fourth-order valence-electron chi connectivity index (χ4n) is 1.58. The van der Waals surface area contributed by atoms with Crippen molar-refractivity contribution in [3.63, 3.8) is 0 Å². The first-order valence-electron chi connectivity index (χ1n) is 6.23. The molecule has 2 nitrogen and oxygen atoms in total. The highest BCUT2D eigenvalue weighted by atomic mass is 32.1. The van der Waals surface area contributed by atoms with Crippen molar-refractivity contribution in [2.75, 3.05) is 19.0 Å². The van der Waals surface area contributed by atoms with Crippen molar-refractivity contribution < 1.29 is 9.47 Å². The van der Waals surface area contributed by atoms with Crippen molar-refractivity contribution in [3.8, 4) is 11.5 Å². The third kappa shape index (κ3) is 5.35. The van der Waals surface area contributed by atoms with Crippen LogP contribution >= 0.6 is 12.6 Å². The molecule has 17 heavy (non-hydrogen) atoms. The molecule has 0 aliphatic rings. The van der Waals surface area contributed by atoms with Crippen molar-refractivity contribution in [1.29, 1.82) is 0 Å². The summed E-state index contributed by atoms with van der Waals surface area (Å²) in [5.74, 6) is 3.27. The summed E-state index contributed by atoms with van der Waals surface area (Å²) in [6.45, 7) is 5.61. The molecule has 0 saturated heterocycles. The zero-order chi connectivity index (χ0) is 12.5. The first kappa shape index (κ1) is 14.2. The number of benzene rings is 1. The molecule has 0 spiro atoms. The van der Waals surface area contributed by atoms with E-state index in [2.05, 4.69) is 19.6 Å². The van der Waals surface area contributed by atoms with Crippen molar-refractivity contribution in [2.24, 2.45) is 5.92 Å². The van der Waals surface area contributed by atoms with Gasteiger partial charge in [0.2, 0.25) is 0 Å². The molecule has 1 atom stereocenters. The van der Waals surface area contributed by atoms with Crippen LogP contribution in [0.1, 0.15) is 26.7 Å². The summed E-state index contributed by atoms with van der Waals surface area (Å²) >= 11 is 4.24. The minimum Gasteiger partial charge on any atom is -0.490 e. The molecule has 0 radical (unpaired) electrons. The Balaban J connectivity index is 2.40. The Morgan fingerprint density at radius 3 is 2.35 bits per heavy atom. The lowest BCUT2D eigenvalue weighted by Gasteiger charge is -2.13. The van der Waals surface area contributed by atoms with Crippen molar-refractivity contribution in [2.45, 2.75) is 26.7 Å². The van der Waals surface area contributed by atoms with Crippen LogP contribution in [0.5, 0.6) is 11.5 Å². The topological polar surface area (TPSA) is 18.5 Å². The fraction of sp³-hybridized carbons (Fsp3) is 0.571. The van der Waals surface area contributed by atoms with E-state index in [1.807, 2.05) is 31.2 Å². The quantitative estimate of drug-likeness (QED) is 0.711. The molecule has 1 rings (SSSR count). The number of ether oxygens (including phenoxy) is 2. The van der Waals surface area contributed by atoms with E-state index in [1.54, 1.807) is 0 Å². The molecule has 0 heterocycles. The highest BCUT2D eigenvalue weighted by molar-refractivity contribution is 7.80. The Hall–Kier alpha value is -0.830. The predicted octanol–water partition coefficient (Wildman–Crippen LogP) is 3.81. The Kier molecular flexibility index (Phi) is 6.94. The van der Waals surface area contributed by atoms with Crippen LogP contribution < -0.4 is 9.47 Å². The maximum atomic E-state index is 5.76. The van der Waals surface area contributed by atoms with Gasteiger partial charge in [-0.05, 0) is 43.6 Å². The van der Waals surface area contributed by atoms with Gasteiger partial charge < -0.3 is 9.47 Å². The average molecular weight is 254 g/mol. The highest BCUT2D eigenvalue weighted by Crippen LogP contribution is 2.26. The fourth-order valence-corrected chi connectivity index (χ4v) is 2.02. The molecule has 1 aromatic carbocycles. The van der Waals surface area contributed by atoms with Crippen molar-refractivity contribution in [3.05, 3.63) is 24.3 Å². The van der Waals surface area contributed by atoms with Crippen LogP contribution in [-0.4, -0.2) is 19.0 Å². The number of para-hydroxylation sites is 2. The number of thiol groups is 1. The summed E-state index contributed by atoms with van der Waals surface area (Å²) in [6, 6.07) is 7.82. The standard InChI is InChI=1S/C14H22O2S/c1-3-15-13-6-4-5-7-14(13)16-10-8-12(2)9-11-17/h4-7,12,17H,3,8-11H2,1-2H3. The first-order chi connectivity index (χ1) is 8.27. The molecular weight excluding hydrogens is 232 g/mol. The maximum Gasteiger partial charge on any atom is 0.161 e. The molecule has 3 heteroatoms. The van der Waals surface area contributed by atoms with Gasteiger partial charge in [0.05, 0.1) is 13.2 Å². The Bertz CT molecular complexity index is 315. The lowest BCUT2D eigenvalue weighted by atomic mass is 10.1. The minimum atomic E-state index is 0.659. The summed E-state index contributed by atoms with van der Waals surface area (Å²) in [5, 5.41) is 0. The monoisotopic (exact) mass is 254 g/mol. The summed E-state index contributed by atoms with van der Waals surface area (Å²) in [5.41, 5.74) is 0. The first-order valence-corrected chi connectivity index (χ1v) is 6.86. The van der Waals surface area contributed by atoms with Crippen LogP contribution in [0.3, 0.4) is 0 Å². The lowest BCUT2D eigenvalue weighted by molar-refractivity contribution is 0.257. The number of rotatable bonds is 8. The molecule has 0 aromatic heterocycles. The van der Waals surface area contributed by atoms with Crippen LogP contribution in [0.4, 0.5) is 0 Å². The molecule has 0 aliphatic heterocycles. The van der Waals surface area contributed by atoms with E-state index >= 15 is 0 Å². The smallest absolute Gasteiger partial charge is 0.161 e. The molecule has 0 saturated carbocycles. The van der Waals surface area contributed by atoms with Gasteiger partial charge in [-0.25, -0.2) is 0 Å². The third-order valence-electron chi connectivity index (χ3n) is 2.64. The van der Waals surface area contributed by atoms with Gasteiger partial charge in [0.15, 0.2) is 11.5 Å². The van der Waals surface area contributed by atoms with Gasteiger partial charge in [-0.3, -0.25) is 0 Å². The SMILES string of the molecule is CCOc1ccccc1OCCC(C)CCS. The molecule has 1 unspecified atom stereocenters. The van der Waals surface area contributed by atoms with E-state index in [1.165, 1.54) is 0 Å². The molecule has 96 valence electrons. The van der Waals surface area contributed by atoms with E-state index in [0.29, 0.717) is 12.5 Å². The predicted molar refractivity (Wildman–Crippen MR) is 75.4 cm³/mol. The second-order valence-corrected chi connectivity index (χ2v) is 4.58. The van der Waals surface area contributed by atoms with Crippen LogP contribution in [0, 0.1) is 5.92 Å². The second kappa shape index (κ2) is 8.29. The lowest BCUT2D eigenvalue weighted by Crippen LogP contribution is -2.06. The average Bonchev–Trinajstić information content (AvgIpc) is 2.32. The summed E-state index contributed by atoms with van der Waals surface area (Å²) in [4.78, 5) is 0. The molecule has 0 amide bonds. The Morgan fingerprint density at radius 1 is 1.12 bits per heavy atom. The number of hydrogen-bond acceptors (Lipinski definition) is 3. The van der Waals surface area contributed by atoms with Gasteiger partial charge in [-0.15, -0.1) is 0 Å². The van der Waals surface area contributed by atoms with Gasteiger partial charge in [0.25, 0.3) is 0 Å². The van der Waals surface area contributed by atoms with Crippen LogP contribution in [-0.2, 0) is 0 Å². The summed E-state index contributed by atoms with van der Waals surface area (Å²) in [6.07, 6.45) is 2.20. The van der Waals surface area contributed by atoms with E-state index in [0.717, 1.165) is 36.7 Å². The molecule has 0 bridgehead atoms. The van der Waals surface area contributed by atoms with Crippen LogP contribution in [0.15, 0.2) is 24.3 Å². The number of hydrogen-bond donors (Lipinski definition) is 1. The van der Waals surface area contributed by atoms with Crippen molar-refractivity contribution >= 4 is 12.6 Å². The zero-order valence-electron chi connectivity index (χ0n) is 10.7. The van der Waals surface area contributed by atoms with Gasteiger partial charge in [-0.2, -0.15) is 12.6 Å². The van der Waals surface area contributed by atoms with Gasteiger partial charge in [0, 0.05) is 0 Å². The van der Waals surface area contributed by atoms with Gasteiger partial charge in [0.1, 0.15) is 0 Å². The Morgan fingerprint density at radius 2 is 1.76 bits per heavy atom. The second-order valence-electron chi connectivity index (χ2n) is 4.13. The van der Waals surface area contributed by atoms with E-state index in [4.69, 9.17) is 9.47 Å². The maximum absolute atomic E-state index is 5.76. The molecule has 1 aromatic rings. The third-order valence-corrected chi connectivity index (χ3v) is 2.90. The summed E-state index contributed by atoms with van der Waals surface area (Å²) in [7, 11) is 0. The largest absolute Gasteiger partial charge is 0.490 e. The Labute approximate surface area is 110 Å². The minimum absolute atomic E-state index is 0.659. The van der Waals surface area contributed by atoms with E-state index in [9.17, 15) is 0 Å².